The van der Waals surface area contributed by atoms with E-state index in [1.54, 1.807) is 0 Å². The lowest BCUT2D eigenvalue weighted by Gasteiger charge is -2.05. The molecule has 0 radical (unpaired) electrons. The zero-order chi connectivity index (χ0) is 11.1. The van der Waals surface area contributed by atoms with Gasteiger partial charge < -0.3 is 4.74 Å². The maximum Gasteiger partial charge on any atom is 0.306 e. The molecular formula is C12H15BrO2. The first-order valence-electron chi connectivity index (χ1n) is 5.02. The van der Waals surface area contributed by atoms with Crippen LogP contribution in [0.15, 0.2) is 30.3 Å². The van der Waals surface area contributed by atoms with Gasteiger partial charge in [-0.15, -0.1) is 0 Å². The van der Waals surface area contributed by atoms with E-state index in [-0.39, 0.29) is 5.97 Å². The lowest BCUT2D eigenvalue weighted by atomic mass is 10.2. The van der Waals surface area contributed by atoms with Gasteiger partial charge >= 0.3 is 5.97 Å². The topological polar surface area (TPSA) is 26.3 Å². The number of carbonyl (C=O) groups excluding carboxylic acids is 1. The average Bonchev–Trinajstić information content (AvgIpc) is 2.25. The number of ether oxygens (including phenoxy) is 1. The molecule has 0 bridgehead atoms. The number of carbonyl (C=O) groups is 1. The molecule has 2 nitrogen and oxygen atoms in total. The average molecular weight is 271 g/mol. The van der Waals surface area contributed by atoms with Crippen LogP contribution in [0.3, 0.4) is 0 Å². The van der Waals surface area contributed by atoms with Crippen LogP contribution in [0.5, 0.6) is 0 Å². The highest BCUT2D eigenvalue weighted by Gasteiger charge is 2.05. The van der Waals surface area contributed by atoms with Crippen molar-refractivity contribution in [2.45, 2.75) is 31.2 Å². The number of rotatable bonds is 5. The van der Waals surface area contributed by atoms with Crippen LogP contribution >= 0.6 is 15.9 Å². The molecule has 1 aromatic carbocycles. The molecule has 0 aliphatic rings. The number of esters is 1. The molecule has 0 aromatic heterocycles. The fraction of sp³-hybridized carbons (Fsp3) is 0.417. The highest BCUT2D eigenvalue weighted by Crippen LogP contribution is 2.08. The summed E-state index contributed by atoms with van der Waals surface area (Å²) in [5, 5.41) is 0. The van der Waals surface area contributed by atoms with Gasteiger partial charge in [-0.3, -0.25) is 4.79 Å². The molecule has 0 saturated heterocycles. The summed E-state index contributed by atoms with van der Waals surface area (Å²) < 4.78 is 5.12. The van der Waals surface area contributed by atoms with Gasteiger partial charge in [0, 0.05) is 11.2 Å². The molecule has 1 rings (SSSR count). The first-order chi connectivity index (χ1) is 7.18. The Morgan fingerprint density at radius 2 is 2.07 bits per heavy atom. The fourth-order valence-corrected chi connectivity index (χ4v) is 1.36. The third-order valence-corrected chi connectivity index (χ3v) is 2.45. The Bertz CT molecular complexity index is 296. The zero-order valence-corrected chi connectivity index (χ0v) is 10.4. The molecule has 0 unspecified atom stereocenters. The van der Waals surface area contributed by atoms with Crippen LogP contribution < -0.4 is 0 Å². The van der Waals surface area contributed by atoms with E-state index in [1.807, 2.05) is 37.3 Å². The Balaban J connectivity index is 2.23. The smallest absolute Gasteiger partial charge is 0.306 e. The van der Waals surface area contributed by atoms with E-state index in [2.05, 4.69) is 15.9 Å². The monoisotopic (exact) mass is 270 g/mol. The molecule has 0 N–H and O–H groups in total. The van der Waals surface area contributed by atoms with E-state index < -0.39 is 0 Å². The normalized spacial score (nSPS) is 12.1. The standard InChI is InChI=1S/C12H15BrO2/c1-10(13)7-8-12(14)15-9-11-5-3-2-4-6-11/h2-6,10H,7-9H2,1H3/t10-/m1/s1. The summed E-state index contributed by atoms with van der Waals surface area (Å²) in [6.45, 7) is 2.39. The van der Waals surface area contributed by atoms with E-state index in [4.69, 9.17) is 4.74 Å². The second-order valence-corrected chi connectivity index (χ2v) is 5.03. The van der Waals surface area contributed by atoms with Crippen LogP contribution in [-0.2, 0) is 16.1 Å². The van der Waals surface area contributed by atoms with Crippen molar-refractivity contribution in [3.05, 3.63) is 35.9 Å². The highest BCUT2D eigenvalue weighted by molar-refractivity contribution is 9.09. The molecule has 0 aliphatic heterocycles. The van der Waals surface area contributed by atoms with Crippen molar-refractivity contribution in [1.82, 2.24) is 0 Å². The quantitative estimate of drug-likeness (QED) is 0.606. The van der Waals surface area contributed by atoms with Crippen molar-refractivity contribution in [2.75, 3.05) is 0 Å². The zero-order valence-electron chi connectivity index (χ0n) is 8.78. The summed E-state index contributed by atoms with van der Waals surface area (Å²) in [4.78, 5) is 11.6. The molecular weight excluding hydrogens is 256 g/mol. The Kier molecular flexibility index (Phi) is 5.40. The Morgan fingerprint density at radius 3 is 2.67 bits per heavy atom. The van der Waals surface area contributed by atoms with E-state index in [1.165, 1.54) is 0 Å². The van der Waals surface area contributed by atoms with Gasteiger partial charge in [0.2, 0.25) is 0 Å². The highest BCUT2D eigenvalue weighted by atomic mass is 79.9. The molecule has 82 valence electrons. The van der Waals surface area contributed by atoms with Crippen molar-refractivity contribution in [1.29, 1.82) is 0 Å². The minimum atomic E-state index is -0.134. The summed E-state index contributed by atoms with van der Waals surface area (Å²) in [5.41, 5.74) is 1.03. The number of hydrogen-bond donors (Lipinski definition) is 0. The van der Waals surface area contributed by atoms with E-state index in [0.29, 0.717) is 17.9 Å². The summed E-state index contributed by atoms with van der Waals surface area (Å²) in [6, 6.07) is 9.70. The number of alkyl halides is 1. The van der Waals surface area contributed by atoms with Crippen LogP contribution in [0.25, 0.3) is 0 Å². The maximum absolute atomic E-state index is 11.3. The molecule has 0 saturated carbocycles. The van der Waals surface area contributed by atoms with E-state index in [9.17, 15) is 4.79 Å². The Labute approximate surface area is 98.8 Å². The number of benzene rings is 1. The second kappa shape index (κ2) is 6.62. The van der Waals surface area contributed by atoms with Gasteiger partial charge in [-0.25, -0.2) is 0 Å². The van der Waals surface area contributed by atoms with Crippen LogP contribution in [0.1, 0.15) is 25.3 Å². The lowest BCUT2D eigenvalue weighted by Crippen LogP contribution is -2.06. The van der Waals surface area contributed by atoms with Gasteiger partial charge in [-0.1, -0.05) is 53.2 Å². The van der Waals surface area contributed by atoms with Gasteiger partial charge in [0.1, 0.15) is 6.61 Å². The molecule has 1 atom stereocenters. The third kappa shape index (κ3) is 5.57. The molecule has 0 heterocycles. The predicted molar refractivity (Wildman–Crippen MR) is 63.9 cm³/mol. The number of hydrogen-bond acceptors (Lipinski definition) is 2. The van der Waals surface area contributed by atoms with Crippen molar-refractivity contribution < 1.29 is 9.53 Å². The largest absolute Gasteiger partial charge is 0.461 e. The van der Waals surface area contributed by atoms with Crippen LogP contribution in [0.2, 0.25) is 0 Å². The fourth-order valence-electron chi connectivity index (χ4n) is 1.13. The van der Waals surface area contributed by atoms with Gasteiger partial charge in [-0.05, 0) is 12.0 Å². The van der Waals surface area contributed by atoms with E-state index in [0.717, 1.165) is 12.0 Å². The summed E-state index contributed by atoms with van der Waals surface area (Å²) in [5.74, 6) is -0.134. The molecule has 0 fully saturated rings. The lowest BCUT2D eigenvalue weighted by molar-refractivity contribution is -0.145. The van der Waals surface area contributed by atoms with Crippen LogP contribution in [-0.4, -0.2) is 10.8 Å². The molecule has 15 heavy (non-hydrogen) atoms. The minimum Gasteiger partial charge on any atom is -0.461 e. The molecule has 0 aliphatic carbocycles. The molecule has 0 amide bonds. The van der Waals surface area contributed by atoms with E-state index >= 15 is 0 Å². The summed E-state index contributed by atoms with van der Waals surface area (Å²) in [6.07, 6.45) is 1.28. The van der Waals surface area contributed by atoms with Crippen molar-refractivity contribution in [2.24, 2.45) is 0 Å². The maximum atomic E-state index is 11.3. The van der Waals surface area contributed by atoms with Crippen molar-refractivity contribution >= 4 is 21.9 Å². The van der Waals surface area contributed by atoms with Gasteiger partial charge in [0.25, 0.3) is 0 Å². The molecule has 0 spiro atoms. The van der Waals surface area contributed by atoms with Crippen LogP contribution in [0, 0.1) is 0 Å². The first kappa shape index (κ1) is 12.2. The summed E-state index contributed by atoms with van der Waals surface area (Å²) in [7, 11) is 0. The van der Waals surface area contributed by atoms with Gasteiger partial charge in [0.05, 0.1) is 0 Å². The second-order valence-electron chi connectivity index (χ2n) is 3.47. The minimum absolute atomic E-state index is 0.134. The molecule has 1 aromatic rings. The third-order valence-electron chi connectivity index (χ3n) is 1.99. The Morgan fingerprint density at radius 1 is 1.40 bits per heavy atom. The Hall–Kier alpha value is -0.830. The first-order valence-corrected chi connectivity index (χ1v) is 5.93. The summed E-state index contributed by atoms with van der Waals surface area (Å²) >= 11 is 3.39. The van der Waals surface area contributed by atoms with Gasteiger partial charge in [0.15, 0.2) is 0 Å². The van der Waals surface area contributed by atoms with Crippen LogP contribution in [0.4, 0.5) is 0 Å². The van der Waals surface area contributed by atoms with Crippen molar-refractivity contribution in [3.63, 3.8) is 0 Å². The van der Waals surface area contributed by atoms with Gasteiger partial charge in [-0.2, -0.15) is 0 Å². The molecule has 3 heteroatoms. The SMILES string of the molecule is C[C@@H](Br)CCC(=O)OCc1ccccc1. The predicted octanol–water partition coefficient (Wildman–Crippen LogP) is 3.29. The number of halogens is 1. The van der Waals surface area contributed by atoms with Crippen molar-refractivity contribution in [3.8, 4) is 0 Å².